The highest BCUT2D eigenvalue weighted by atomic mass is 32.1. The summed E-state index contributed by atoms with van der Waals surface area (Å²) in [6.07, 6.45) is -2.01. The normalized spacial score (nSPS) is 16.1. The first-order chi connectivity index (χ1) is 12.1. The summed E-state index contributed by atoms with van der Waals surface area (Å²) in [5.74, 6) is -5.25. The van der Waals surface area contributed by atoms with Crippen LogP contribution in [0.4, 0.5) is 27.6 Å². The van der Waals surface area contributed by atoms with Crippen LogP contribution in [0.3, 0.4) is 0 Å². The van der Waals surface area contributed by atoms with Crippen molar-refractivity contribution in [3.05, 3.63) is 33.6 Å². The van der Waals surface area contributed by atoms with Crippen LogP contribution in [0, 0.1) is 0 Å². The Morgan fingerprint density at radius 2 is 1.77 bits per heavy atom. The highest BCUT2D eigenvalue weighted by Crippen LogP contribution is 2.46. The lowest BCUT2D eigenvalue weighted by atomic mass is 10.1. The summed E-state index contributed by atoms with van der Waals surface area (Å²) in [6.45, 7) is 0.930. The summed E-state index contributed by atoms with van der Waals surface area (Å²) in [5.41, 5.74) is 1.55. The second-order valence-corrected chi connectivity index (χ2v) is 6.79. The van der Waals surface area contributed by atoms with Crippen molar-refractivity contribution in [2.45, 2.75) is 31.4 Å². The zero-order valence-corrected chi connectivity index (χ0v) is 14.2. The molecule has 0 saturated carbocycles. The van der Waals surface area contributed by atoms with Crippen LogP contribution >= 0.6 is 11.3 Å². The third-order valence-electron chi connectivity index (χ3n) is 4.18. The van der Waals surface area contributed by atoms with Crippen LogP contribution in [0.2, 0.25) is 0 Å². The third kappa shape index (κ3) is 3.04. The number of nitrogen functional groups attached to an aromatic ring is 1. The maximum absolute atomic E-state index is 13.9. The fraction of sp³-hybridized carbons (Fsp3) is 0.467. The molecule has 2 N–H and O–H groups in total. The van der Waals surface area contributed by atoms with Gasteiger partial charge in [-0.2, -0.15) is 22.0 Å². The van der Waals surface area contributed by atoms with E-state index < -0.39 is 28.9 Å². The van der Waals surface area contributed by atoms with E-state index in [1.165, 1.54) is 11.6 Å². The molecule has 0 radical (unpaired) electrons. The fourth-order valence-electron chi connectivity index (χ4n) is 2.89. The van der Waals surface area contributed by atoms with Gasteiger partial charge >= 0.3 is 12.1 Å². The smallest absolute Gasteiger partial charge is 0.394 e. The summed E-state index contributed by atoms with van der Waals surface area (Å²) < 4.78 is 67.4. The minimum absolute atomic E-state index is 0.125. The number of anilines is 1. The number of piperidine rings is 1. The topological polar surface area (TPSA) is 64.2 Å². The summed E-state index contributed by atoms with van der Waals surface area (Å²) >= 11 is 1.03. The van der Waals surface area contributed by atoms with E-state index in [9.17, 15) is 26.7 Å². The van der Waals surface area contributed by atoms with Gasteiger partial charge in [0.1, 0.15) is 16.4 Å². The largest absolute Gasteiger partial charge is 0.458 e. The zero-order valence-electron chi connectivity index (χ0n) is 13.4. The molecule has 1 saturated heterocycles. The van der Waals surface area contributed by atoms with Gasteiger partial charge in [-0.05, 0) is 25.3 Å². The number of rotatable bonds is 3. The molecule has 0 unspecified atom stereocenters. The fourth-order valence-corrected chi connectivity index (χ4v) is 3.53. The molecule has 1 fully saturated rings. The number of pyridine rings is 1. The quantitative estimate of drug-likeness (QED) is 0.812. The van der Waals surface area contributed by atoms with E-state index in [1.807, 2.05) is 0 Å². The number of hydrogen-bond acceptors (Lipinski definition) is 5. The zero-order chi connectivity index (χ0) is 19.1. The van der Waals surface area contributed by atoms with E-state index in [2.05, 4.69) is 4.98 Å². The monoisotopic (exact) mass is 394 g/mol. The molecule has 2 aromatic heterocycles. The molecule has 0 amide bonds. The molecule has 2 aromatic rings. The minimum atomic E-state index is -5.87. The van der Waals surface area contributed by atoms with Crippen LogP contribution in [0.25, 0.3) is 10.7 Å². The molecular formula is C15H15F5N4OS. The molecule has 0 atom stereocenters. The van der Waals surface area contributed by atoms with Crippen LogP contribution in [-0.2, 0) is 5.92 Å². The van der Waals surface area contributed by atoms with Crippen LogP contribution in [0.5, 0.6) is 0 Å². The van der Waals surface area contributed by atoms with Crippen LogP contribution in [0.15, 0.2) is 22.4 Å². The third-order valence-corrected chi connectivity index (χ3v) is 4.98. The van der Waals surface area contributed by atoms with Gasteiger partial charge in [0.05, 0.1) is 5.56 Å². The van der Waals surface area contributed by atoms with Crippen LogP contribution < -0.4 is 16.3 Å². The predicted molar refractivity (Wildman–Crippen MR) is 88.0 cm³/mol. The molecule has 1 aliphatic heterocycles. The van der Waals surface area contributed by atoms with Crippen molar-refractivity contribution in [2.24, 2.45) is 0 Å². The molecule has 3 heterocycles. The van der Waals surface area contributed by atoms with Gasteiger partial charge in [-0.15, -0.1) is 11.3 Å². The lowest BCUT2D eigenvalue weighted by Gasteiger charge is -2.33. The lowest BCUT2D eigenvalue weighted by molar-refractivity contribution is -0.289. The van der Waals surface area contributed by atoms with Gasteiger partial charge in [-0.1, -0.05) is 0 Å². The number of nitrogens with two attached hydrogens (primary N) is 1. The molecular weight excluding hydrogens is 379 g/mol. The van der Waals surface area contributed by atoms with Gasteiger partial charge in [0.25, 0.3) is 5.56 Å². The van der Waals surface area contributed by atoms with Crippen LogP contribution in [0.1, 0.15) is 24.8 Å². The number of hydrogen-bond donors (Lipinski definition) is 1. The summed E-state index contributed by atoms with van der Waals surface area (Å²) in [5, 5.41) is 3.30. The molecule has 26 heavy (non-hydrogen) atoms. The highest BCUT2D eigenvalue weighted by molar-refractivity contribution is 7.13. The Bertz CT molecular complexity index is 841. The highest BCUT2D eigenvalue weighted by Gasteiger charge is 2.60. The van der Waals surface area contributed by atoms with Gasteiger partial charge < -0.3 is 10.7 Å². The SMILES string of the molecule is Nc1c(C(F)(F)C(F)(F)F)cc(-c2nccs2)n(N2CCCCC2)c1=O. The average molecular weight is 394 g/mol. The minimum Gasteiger partial charge on any atom is -0.394 e. The van der Waals surface area contributed by atoms with Gasteiger partial charge in [-0.3, -0.25) is 4.79 Å². The Hall–Kier alpha value is -2.17. The molecule has 11 heteroatoms. The molecule has 142 valence electrons. The number of nitrogens with zero attached hydrogens (tertiary/aromatic N) is 3. The molecule has 0 bridgehead atoms. The standard InChI is InChI=1S/C15H15F5N4OS/c16-14(17,15(18,19)20)9-8-10(12-22-4-7-26-12)24(13(25)11(9)21)23-5-2-1-3-6-23/h4,7-8H,1-3,5-6,21H2. The molecule has 1 aliphatic rings. The first-order valence-electron chi connectivity index (χ1n) is 7.80. The first kappa shape index (κ1) is 18.6. The van der Waals surface area contributed by atoms with E-state index in [0.29, 0.717) is 19.2 Å². The predicted octanol–water partition coefficient (Wildman–Crippen LogP) is 3.33. The van der Waals surface area contributed by atoms with E-state index in [1.54, 1.807) is 5.01 Å². The van der Waals surface area contributed by atoms with E-state index in [0.717, 1.165) is 35.3 Å². The maximum atomic E-state index is 13.9. The van der Waals surface area contributed by atoms with E-state index >= 15 is 0 Å². The van der Waals surface area contributed by atoms with Crippen molar-refractivity contribution in [3.8, 4) is 10.7 Å². The molecule has 0 spiro atoms. The molecule has 5 nitrogen and oxygen atoms in total. The second-order valence-electron chi connectivity index (χ2n) is 5.90. The van der Waals surface area contributed by atoms with Gasteiger partial charge in [0.15, 0.2) is 0 Å². The molecule has 3 rings (SSSR count). The second kappa shape index (κ2) is 6.53. The van der Waals surface area contributed by atoms with Crippen molar-refractivity contribution in [2.75, 3.05) is 23.8 Å². The van der Waals surface area contributed by atoms with Crippen molar-refractivity contribution in [1.29, 1.82) is 0 Å². The summed E-state index contributed by atoms with van der Waals surface area (Å²) in [6, 6.07) is 0.623. The van der Waals surface area contributed by atoms with E-state index in [-0.39, 0.29) is 10.7 Å². The van der Waals surface area contributed by atoms with Gasteiger partial charge in [0, 0.05) is 24.7 Å². The Balaban J connectivity index is 2.27. The van der Waals surface area contributed by atoms with Crippen molar-refractivity contribution in [1.82, 2.24) is 9.66 Å². The average Bonchev–Trinajstić information content (AvgIpc) is 3.11. The molecule has 0 aliphatic carbocycles. The number of thiazole rings is 1. The van der Waals surface area contributed by atoms with Crippen LogP contribution in [-0.4, -0.2) is 28.9 Å². The number of aromatic nitrogens is 2. The Morgan fingerprint density at radius 1 is 1.12 bits per heavy atom. The maximum Gasteiger partial charge on any atom is 0.458 e. The Kier molecular flexibility index (Phi) is 4.67. The van der Waals surface area contributed by atoms with E-state index in [4.69, 9.17) is 5.73 Å². The first-order valence-corrected chi connectivity index (χ1v) is 8.68. The Labute approximate surface area is 148 Å². The van der Waals surface area contributed by atoms with Crippen molar-refractivity contribution < 1.29 is 22.0 Å². The molecule has 0 aromatic carbocycles. The van der Waals surface area contributed by atoms with Crippen molar-refractivity contribution in [3.63, 3.8) is 0 Å². The van der Waals surface area contributed by atoms with Gasteiger partial charge in [-0.25, -0.2) is 9.66 Å². The lowest BCUT2D eigenvalue weighted by Crippen LogP contribution is -2.47. The Morgan fingerprint density at radius 3 is 2.31 bits per heavy atom. The van der Waals surface area contributed by atoms with Crippen molar-refractivity contribution >= 4 is 17.0 Å². The number of alkyl halides is 5. The van der Waals surface area contributed by atoms with Gasteiger partial charge in [0.2, 0.25) is 0 Å². The summed E-state index contributed by atoms with van der Waals surface area (Å²) in [4.78, 5) is 16.6. The number of halogens is 5. The summed E-state index contributed by atoms with van der Waals surface area (Å²) in [7, 11) is 0.